The minimum atomic E-state index is 0.430. The predicted octanol–water partition coefficient (Wildman–Crippen LogP) is 2.51. The molecule has 2 heterocycles. The van der Waals surface area contributed by atoms with Gasteiger partial charge < -0.3 is 4.90 Å². The van der Waals surface area contributed by atoms with Crippen LogP contribution in [0, 0.1) is 0 Å². The first kappa shape index (κ1) is 12.9. The molecule has 0 saturated carbocycles. The Balaban J connectivity index is 1.70. The Bertz CT molecular complexity index is 331. The van der Waals surface area contributed by atoms with Gasteiger partial charge in [-0.05, 0) is 25.9 Å². The molecule has 0 atom stereocenters. The van der Waals surface area contributed by atoms with Crippen molar-refractivity contribution in [3.63, 3.8) is 0 Å². The summed E-state index contributed by atoms with van der Waals surface area (Å²) in [4.78, 5) is 7.02. The van der Waals surface area contributed by atoms with Crippen molar-refractivity contribution < 1.29 is 0 Å². The first-order chi connectivity index (χ1) is 8.25. The SMILES string of the molecule is CC(C)c1nc(SCCN2CCCCC2)n[nH]1. The van der Waals surface area contributed by atoms with E-state index < -0.39 is 0 Å². The van der Waals surface area contributed by atoms with Crippen LogP contribution in [0.4, 0.5) is 0 Å². The number of hydrogen-bond donors (Lipinski definition) is 1. The molecule has 96 valence electrons. The Morgan fingerprint density at radius 3 is 2.71 bits per heavy atom. The summed E-state index contributed by atoms with van der Waals surface area (Å²) in [7, 11) is 0. The minimum Gasteiger partial charge on any atom is -0.303 e. The molecule has 0 radical (unpaired) electrons. The summed E-state index contributed by atoms with van der Waals surface area (Å²) in [5, 5.41) is 8.12. The van der Waals surface area contributed by atoms with Crippen LogP contribution in [-0.4, -0.2) is 45.5 Å². The zero-order chi connectivity index (χ0) is 12.1. The molecule has 0 aliphatic carbocycles. The number of hydrogen-bond acceptors (Lipinski definition) is 4. The molecule has 0 aromatic carbocycles. The first-order valence-corrected chi connectivity index (χ1v) is 7.51. The van der Waals surface area contributed by atoms with Crippen molar-refractivity contribution in [1.82, 2.24) is 20.1 Å². The summed E-state index contributed by atoms with van der Waals surface area (Å²) in [5.74, 6) is 2.51. The average Bonchev–Trinajstić information content (AvgIpc) is 2.79. The lowest BCUT2D eigenvalue weighted by Gasteiger charge is -2.25. The van der Waals surface area contributed by atoms with Gasteiger partial charge in [0.1, 0.15) is 5.82 Å². The van der Waals surface area contributed by atoms with Gasteiger partial charge in [0.25, 0.3) is 0 Å². The Morgan fingerprint density at radius 1 is 1.29 bits per heavy atom. The quantitative estimate of drug-likeness (QED) is 0.820. The molecule has 1 aliphatic heterocycles. The third kappa shape index (κ3) is 4.00. The van der Waals surface area contributed by atoms with Crippen molar-refractivity contribution in [2.45, 2.75) is 44.2 Å². The molecule has 1 N–H and O–H groups in total. The number of piperidine rings is 1. The van der Waals surface area contributed by atoms with E-state index >= 15 is 0 Å². The monoisotopic (exact) mass is 254 g/mol. The van der Waals surface area contributed by atoms with E-state index in [-0.39, 0.29) is 0 Å². The number of aromatic nitrogens is 3. The number of nitrogens with zero attached hydrogens (tertiary/aromatic N) is 3. The van der Waals surface area contributed by atoms with Crippen LogP contribution >= 0.6 is 11.8 Å². The second-order valence-electron chi connectivity index (χ2n) is 4.91. The number of thioether (sulfide) groups is 1. The zero-order valence-corrected chi connectivity index (χ0v) is 11.6. The minimum absolute atomic E-state index is 0.430. The molecule has 4 nitrogen and oxygen atoms in total. The lowest BCUT2D eigenvalue weighted by molar-refractivity contribution is 0.242. The molecular formula is C12H22N4S. The van der Waals surface area contributed by atoms with Crippen LogP contribution in [0.25, 0.3) is 0 Å². The fraction of sp³-hybridized carbons (Fsp3) is 0.833. The van der Waals surface area contributed by atoms with Crippen molar-refractivity contribution in [3.8, 4) is 0 Å². The highest BCUT2D eigenvalue weighted by Crippen LogP contribution is 2.17. The topological polar surface area (TPSA) is 44.8 Å². The van der Waals surface area contributed by atoms with Gasteiger partial charge >= 0.3 is 0 Å². The maximum absolute atomic E-state index is 4.47. The van der Waals surface area contributed by atoms with Crippen molar-refractivity contribution in [3.05, 3.63) is 5.82 Å². The molecule has 1 aromatic heterocycles. The summed E-state index contributed by atoms with van der Waals surface area (Å²) in [5.41, 5.74) is 0. The van der Waals surface area contributed by atoms with E-state index in [1.807, 2.05) is 0 Å². The Morgan fingerprint density at radius 2 is 2.06 bits per heavy atom. The highest BCUT2D eigenvalue weighted by atomic mass is 32.2. The van der Waals surface area contributed by atoms with Crippen LogP contribution in [0.3, 0.4) is 0 Å². The number of aromatic amines is 1. The zero-order valence-electron chi connectivity index (χ0n) is 10.8. The van der Waals surface area contributed by atoms with Crippen molar-refractivity contribution in [2.24, 2.45) is 0 Å². The van der Waals surface area contributed by atoms with Gasteiger partial charge in [0.2, 0.25) is 5.16 Å². The second-order valence-corrected chi connectivity index (χ2v) is 5.97. The van der Waals surface area contributed by atoms with Crippen LogP contribution in [0.15, 0.2) is 5.16 Å². The van der Waals surface area contributed by atoms with E-state index in [9.17, 15) is 0 Å². The molecule has 0 amide bonds. The van der Waals surface area contributed by atoms with Crippen LogP contribution in [-0.2, 0) is 0 Å². The van der Waals surface area contributed by atoms with Crippen molar-refractivity contribution >= 4 is 11.8 Å². The van der Waals surface area contributed by atoms with E-state index in [1.165, 1.54) is 32.4 Å². The summed E-state index contributed by atoms with van der Waals surface area (Å²) in [6.07, 6.45) is 4.13. The van der Waals surface area contributed by atoms with Gasteiger partial charge in [-0.15, -0.1) is 5.10 Å². The molecule has 17 heavy (non-hydrogen) atoms. The van der Waals surface area contributed by atoms with Gasteiger partial charge in [0.05, 0.1) is 0 Å². The largest absolute Gasteiger partial charge is 0.303 e. The average molecular weight is 254 g/mol. The Labute approximate surface area is 108 Å². The van der Waals surface area contributed by atoms with Crippen molar-refractivity contribution in [2.75, 3.05) is 25.4 Å². The fourth-order valence-corrected chi connectivity index (χ4v) is 2.84. The third-order valence-corrected chi connectivity index (χ3v) is 3.94. The second kappa shape index (κ2) is 6.40. The third-order valence-electron chi connectivity index (χ3n) is 3.12. The highest BCUT2D eigenvalue weighted by molar-refractivity contribution is 7.99. The number of likely N-dealkylation sites (tertiary alicyclic amines) is 1. The van der Waals surface area contributed by atoms with Gasteiger partial charge in [0, 0.05) is 18.2 Å². The van der Waals surface area contributed by atoms with Crippen LogP contribution in [0.2, 0.25) is 0 Å². The van der Waals surface area contributed by atoms with Gasteiger partial charge in [0.15, 0.2) is 0 Å². The highest BCUT2D eigenvalue weighted by Gasteiger charge is 2.11. The number of H-pyrrole nitrogens is 1. The molecule has 2 rings (SSSR count). The summed E-state index contributed by atoms with van der Waals surface area (Å²) < 4.78 is 0. The van der Waals surface area contributed by atoms with Crippen LogP contribution in [0.5, 0.6) is 0 Å². The van der Waals surface area contributed by atoms with Gasteiger partial charge in [-0.1, -0.05) is 32.0 Å². The maximum atomic E-state index is 4.47. The Hall–Kier alpha value is -0.550. The maximum Gasteiger partial charge on any atom is 0.208 e. The fourth-order valence-electron chi connectivity index (χ4n) is 2.03. The smallest absolute Gasteiger partial charge is 0.208 e. The van der Waals surface area contributed by atoms with E-state index in [1.54, 1.807) is 11.8 Å². The van der Waals surface area contributed by atoms with E-state index in [4.69, 9.17) is 0 Å². The lowest BCUT2D eigenvalue weighted by Crippen LogP contribution is -2.31. The van der Waals surface area contributed by atoms with E-state index in [0.29, 0.717) is 5.92 Å². The van der Waals surface area contributed by atoms with Crippen LogP contribution < -0.4 is 0 Å². The molecule has 0 spiro atoms. The molecule has 1 fully saturated rings. The molecule has 1 aromatic rings. The first-order valence-electron chi connectivity index (χ1n) is 6.53. The van der Waals surface area contributed by atoms with Gasteiger partial charge in [-0.25, -0.2) is 4.98 Å². The van der Waals surface area contributed by atoms with Crippen LogP contribution in [0.1, 0.15) is 44.9 Å². The number of rotatable bonds is 5. The Kier molecular flexibility index (Phi) is 4.86. The van der Waals surface area contributed by atoms with Gasteiger partial charge in [-0.2, -0.15) is 0 Å². The van der Waals surface area contributed by atoms with Gasteiger partial charge in [-0.3, -0.25) is 5.10 Å². The normalized spacial score (nSPS) is 17.8. The molecule has 0 unspecified atom stereocenters. The lowest BCUT2D eigenvalue weighted by atomic mass is 10.1. The molecule has 1 aliphatic rings. The summed E-state index contributed by atoms with van der Waals surface area (Å²) >= 11 is 1.76. The number of nitrogens with one attached hydrogen (secondary N) is 1. The molecule has 5 heteroatoms. The van der Waals surface area contributed by atoms with E-state index in [2.05, 4.69) is 33.9 Å². The summed E-state index contributed by atoms with van der Waals surface area (Å²) in [6.45, 7) is 7.96. The van der Waals surface area contributed by atoms with E-state index in [0.717, 1.165) is 23.3 Å². The molecule has 1 saturated heterocycles. The van der Waals surface area contributed by atoms with Crippen molar-refractivity contribution in [1.29, 1.82) is 0 Å². The molecular weight excluding hydrogens is 232 g/mol. The predicted molar refractivity (Wildman–Crippen MR) is 71.5 cm³/mol. The summed E-state index contributed by atoms with van der Waals surface area (Å²) in [6, 6.07) is 0. The molecule has 0 bridgehead atoms. The standard InChI is InChI=1S/C12H22N4S/c1-10(2)11-13-12(15-14-11)17-9-8-16-6-4-3-5-7-16/h10H,3-9H2,1-2H3,(H,13,14,15).